The molecular formula is C10H13NO3. The van der Waals surface area contributed by atoms with E-state index in [1.165, 1.54) is 0 Å². The Morgan fingerprint density at radius 1 is 1.50 bits per heavy atom. The molecule has 14 heavy (non-hydrogen) atoms. The zero-order valence-electron chi connectivity index (χ0n) is 7.88. The van der Waals surface area contributed by atoms with Crippen molar-refractivity contribution >= 4 is 11.9 Å². The number of hydrogen-bond acceptors (Lipinski definition) is 2. The van der Waals surface area contributed by atoms with Gasteiger partial charge in [-0.25, -0.2) is 0 Å². The zero-order valence-corrected chi connectivity index (χ0v) is 7.88. The van der Waals surface area contributed by atoms with Crippen molar-refractivity contribution in [3.63, 3.8) is 0 Å². The molecule has 0 radical (unpaired) electrons. The number of carbonyl (C=O) groups excluding carboxylic acids is 1. The van der Waals surface area contributed by atoms with Crippen molar-refractivity contribution in [2.45, 2.75) is 37.6 Å². The van der Waals surface area contributed by atoms with E-state index in [1.54, 1.807) is 0 Å². The summed E-state index contributed by atoms with van der Waals surface area (Å²) in [6, 6.07) is 0. The molecule has 0 aliphatic heterocycles. The van der Waals surface area contributed by atoms with E-state index in [9.17, 15) is 9.59 Å². The number of rotatable bonds is 4. The third kappa shape index (κ3) is 2.49. The van der Waals surface area contributed by atoms with E-state index >= 15 is 0 Å². The molecule has 0 aromatic rings. The highest BCUT2D eigenvalue weighted by atomic mass is 16.4. The summed E-state index contributed by atoms with van der Waals surface area (Å²) in [5.41, 5.74) is -0.528. The van der Waals surface area contributed by atoms with Crippen LogP contribution in [0.2, 0.25) is 0 Å². The van der Waals surface area contributed by atoms with Gasteiger partial charge in [0.2, 0.25) is 5.91 Å². The van der Waals surface area contributed by atoms with Crippen molar-refractivity contribution in [1.82, 2.24) is 5.32 Å². The Morgan fingerprint density at radius 3 is 2.50 bits per heavy atom. The van der Waals surface area contributed by atoms with Crippen molar-refractivity contribution in [3.05, 3.63) is 0 Å². The Bertz CT molecular complexity index is 286. The van der Waals surface area contributed by atoms with Crippen molar-refractivity contribution < 1.29 is 14.7 Å². The third-order valence-electron chi connectivity index (χ3n) is 2.47. The topological polar surface area (TPSA) is 66.4 Å². The van der Waals surface area contributed by atoms with Crippen molar-refractivity contribution in [2.24, 2.45) is 0 Å². The van der Waals surface area contributed by atoms with Crippen LogP contribution >= 0.6 is 0 Å². The van der Waals surface area contributed by atoms with Crippen LogP contribution in [0.5, 0.6) is 0 Å². The van der Waals surface area contributed by atoms with Crippen LogP contribution in [0.1, 0.15) is 32.1 Å². The van der Waals surface area contributed by atoms with Crippen LogP contribution in [0.4, 0.5) is 0 Å². The normalized spacial score (nSPS) is 17.6. The first-order valence-corrected chi connectivity index (χ1v) is 4.54. The van der Waals surface area contributed by atoms with Gasteiger partial charge in [0.05, 0.1) is 18.4 Å². The first kappa shape index (κ1) is 10.6. The first-order chi connectivity index (χ1) is 6.58. The van der Waals surface area contributed by atoms with Gasteiger partial charge >= 0.3 is 5.97 Å². The molecule has 1 aliphatic rings. The Morgan fingerprint density at radius 2 is 2.14 bits per heavy atom. The zero-order chi connectivity index (χ0) is 10.6. The molecule has 0 unspecified atom stereocenters. The summed E-state index contributed by atoms with van der Waals surface area (Å²) in [7, 11) is 0. The quantitative estimate of drug-likeness (QED) is 0.643. The maximum atomic E-state index is 11.2. The summed E-state index contributed by atoms with van der Waals surface area (Å²) in [5.74, 6) is 1.09. The van der Waals surface area contributed by atoms with E-state index in [4.69, 9.17) is 11.5 Å². The second-order valence-electron chi connectivity index (χ2n) is 3.63. The number of carboxylic acids is 1. The number of hydrogen-bond donors (Lipinski definition) is 2. The summed E-state index contributed by atoms with van der Waals surface area (Å²) >= 11 is 0. The SMILES string of the molecule is C#CCC(=O)NC1(CC(=O)O)CCC1. The Labute approximate surface area is 82.7 Å². The molecule has 2 N–H and O–H groups in total. The molecule has 0 spiro atoms. The average molecular weight is 195 g/mol. The fourth-order valence-corrected chi connectivity index (χ4v) is 1.67. The fraction of sp³-hybridized carbons (Fsp3) is 0.600. The van der Waals surface area contributed by atoms with Gasteiger partial charge in [-0.15, -0.1) is 6.42 Å². The van der Waals surface area contributed by atoms with Gasteiger partial charge in [0.15, 0.2) is 0 Å². The molecule has 0 bridgehead atoms. The summed E-state index contributed by atoms with van der Waals surface area (Å²) < 4.78 is 0. The maximum Gasteiger partial charge on any atom is 0.305 e. The summed E-state index contributed by atoms with van der Waals surface area (Å²) in [6.07, 6.45) is 7.41. The third-order valence-corrected chi connectivity index (χ3v) is 2.47. The molecule has 4 heteroatoms. The van der Waals surface area contributed by atoms with Crippen LogP contribution in [0.15, 0.2) is 0 Å². The number of aliphatic carboxylic acids is 1. The van der Waals surface area contributed by atoms with Gasteiger partial charge in [0, 0.05) is 0 Å². The molecule has 1 fully saturated rings. The number of carboxylic acid groups (broad SMARTS) is 1. The van der Waals surface area contributed by atoms with Gasteiger partial charge < -0.3 is 10.4 Å². The second-order valence-corrected chi connectivity index (χ2v) is 3.63. The van der Waals surface area contributed by atoms with E-state index in [1.807, 2.05) is 0 Å². The lowest BCUT2D eigenvalue weighted by Crippen LogP contribution is -2.54. The van der Waals surface area contributed by atoms with Gasteiger partial charge in [0.25, 0.3) is 0 Å². The smallest absolute Gasteiger partial charge is 0.305 e. The van der Waals surface area contributed by atoms with Gasteiger partial charge in [-0.2, -0.15) is 0 Å². The molecule has 0 aromatic carbocycles. The van der Waals surface area contributed by atoms with Gasteiger partial charge in [-0.1, -0.05) is 5.92 Å². The maximum absolute atomic E-state index is 11.2. The summed E-state index contributed by atoms with van der Waals surface area (Å²) in [4.78, 5) is 21.7. The van der Waals surface area contributed by atoms with E-state index in [2.05, 4.69) is 11.2 Å². The van der Waals surface area contributed by atoms with Crippen LogP contribution < -0.4 is 5.32 Å². The summed E-state index contributed by atoms with van der Waals surface area (Å²) in [5, 5.41) is 11.4. The highest BCUT2D eigenvalue weighted by molar-refractivity contribution is 5.80. The molecule has 1 aliphatic carbocycles. The Kier molecular flexibility index (Phi) is 3.13. The van der Waals surface area contributed by atoms with E-state index < -0.39 is 11.5 Å². The number of nitrogens with one attached hydrogen (secondary N) is 1. The fourth-order valence-electron chi connectivity index (χ4n) is 1.67. The lowest BCUT2D eigenvalue weighted by atomic mass is 9.74. The monoisotopic (exact) mass is 195 g/mol. The molecule has 4 nitrogen and oxygen atoms in total. The lowest BCUT2D eigenvalue weighted by molar-refractivity contribution is -0.140. The van der Waals surface area contributed by atoms with Crippen LogP contribution in [-0.2, 0) is 9.59 Å². The minimum atomic E-state index is -0.884. The molecule has 0 atom stereocenters. The van der Waals surface area contributed by atoms with Crippen LogP contribution in [-0.4, -0.2) is 22.5 Å². The highest BCUT2D eigenvalue weighted by Crippen LogP contribution is 2.34. The van der Waals surface area contributed by atoms with E-state index in [0.717, 1.165) is 19.3 Å². The minimum absolute atomic E-state index is 0.0106. The van der Waals surface area contributed by atoms with Crippen LogP contribution in [0.3, 0.4) is 0 Å². The molecule has 1 saturated carbocycles. The molecule has 0 heterocycles. The van der Waals surface area contributed by atoms with Gasteiger partial charge in [-0.05, 0) is 19.3 Å². The molecular weight excluding hydrogens is 182 g/mol. The van der Waals surface area contributed by atoms with Gasteiger partial charge in [0.1, 0.15) is 0 Å². The first-order valence-electron chi connectivity index (χ1n) is 4.54. The Balaban J connectivity index is 2.50. The highest BCUT2D eigenvalue weighted by Gasteiger charge is 2.39. The van der Waals surface area contributed by atoms with Gasteiger partial charge in [-0.3, -0.25) is 9.59 Å². The predicted molar refractivity (Wildman–Crippen MR) is 50.4 cm³/mol. The number of amides is 1. The number of terminal acetylenes is 1. The molecule has 0 aromatic heterocycles. The van der Waals surface area contributed by atoms with Crippen molar-refractivity contribution in [3.8, 4) is 12.3 Å². The van der Waals surface area contributed by atoms with Crippen molar-refractivity contribution in [1.29, 1.82) is 0 Å². The largest absolute Gasteiger partial charge is 0.481 e. The second kappa shape index (κ2) is 4.14. The van der Waals surface area contributed by atoms with Crippen LogP contribution in [0, 0.1) is 12.3 Å². The molecule has 1 amide bonds. The number of carbonyl (C=O) groups is 2. The predicted octanol–water partition coefficient (Wildman–Crippen LogP) is 0.523. The summed E-state index contributed by atoms with van der Waals surface area (Å²) in [6.45, 7) is 0. The van der Waals surface area contributed by atoms with E-state index in [0.29, 0.717) is 0 Å². The van der Waals surface area contributed by atoms with E-state index in [-0.39, 0.29) is 18.7 Å². The van der Waals surface area contributed by atoms with Crippen LogP contribution in [0.25, 0.3) is 0 Å². The molecule has 76 valence electrons. The molecule has 0 saturated heterocycles. The minimum Gasteiger partial charge on any atom is -0.481 e. The van der Waals surface area contributed by atoms with Crippen molar-refractivity contribution in [2.75, 3.05) is 0 Å². The Hall–Kier alpha value is -1.50. The molecule has 1 rings (SSSR count). The average Bonchev–Trinajstić information content (AvgIpc) is 1.99. The lowest BCUT2D eigenvalue weighted by Gasteiger charge is -2.41. The standard InChI is InChI=1S/C10H13NO3/c1-2-4-8(12)11-10(5-3-6-10)7-9(13)14/h1H,3-7H2,(H,11,12)(H,13,14).